The lowest BCUT2D eigenvalue weighted by Gasteiger charge is -2.05. The van der Waals surface area contributed by atoms with Gasteiger partial charge in [-0.15, -0.1) is 0 Å². The molecule has 0 amide bonds. The summed E-state index contributed by atoms with van der Waals surface area (Å²) in [5.41, 5.74) is 11.9. The highest BCUT2D eigenvalue weighted by molar-refractivity contribution is 7.19. The van der Waals surface area contributed by atoms with Crippen molar-refractivity contribution in [3.8, 4) is 21.8 Å². The molecule has 0 atom stereocenters. The number of pyridine rings is 2. The topological polar surface area (TPSA) is 64.7 Å². The molecule has 0 radical (unpaired) electrons. The van der Waals surface area contributed by atoms with Crippen molar-refractivity contribution < 1.29 is 0 Å². The van der Waals surface area contributed by atoms with Gasteiger partial charge in [0.2, 0.25) is 0 Å². The molecule has 5 heteroatoms. The summed E-state index contributed by atoms with van der Waals surface area (Å²) < 4.78 is 0. The first kappa shape index (κ1) is 14.8. The van der Waals surface area contributed by atoms with Crippen LogP contribution in [0.5, 0.6) is 0 Å². The van der Waals surface area contributed by atoms with Crippen molar-refractivity contribution in [1.29, 1.82) is 0 Å². The van der Waals surface area contributed by atoms with E-state index in [9.17, 15) is 0 Å². The number of thiazole rings is 1. The lowest BCUT2D eigenvalue weighted by molar-refractivity contribution is 1.14. The van der Waals surface area contributed by atoms with Crippen LogP contribution in [0, 0.1) is 0 Å². The molecule has 4 aromatic rings. The second-order valence-electron chi connectivity index (χ2n) is 5.52. The van der Waals surface area contributed by atoms with Crippen LogP contribution in [0.15, 0.2) is 54.7 Å². The Morgan fingerprint density at radius 2 is 1.92 bits per heavy atom. The van der Waals surface area contributed by atoms with E-state index < -0.39 is 0 Å². The van der Waals surface area contributed by atoms with Gasteiger partial charge in [0.05, 0.1) is 27.3 Å². The van der Waals surface area contributed by atoms with E-state index in [2.05, 4.69) is 41.2 Å². The highest BCUT2D eigenvalue weighted by Gasteiger charge is 2.15. The first-order valence-electron chi connectivity index (χ1n) is 7.82. The fourth-order valence-electron chi connectivity index (χ4n) is 2.73. The third kappa shape index (κ3) is 2.63. The van der Waals surface area contributed by atoms with Crippen molar-refractivity contribution in [1.82, 2.24) is 15.0 Å². The molecule has 1 aromatic carbocycles. The molecule has 0 saturated carbocycles. The summed E-state index contributed by atoms with van der Waals surface area (Å²) in [4.78, 5) is 14.6. The van der Waals surface area contributed by atoms with Crippen LogP contribution in [0.3, 0.4) is 0 Å². The summed E-state index contributed by atoms with van der Waals surface area (Å²) in [6.45, 7) is 2.15. The van der Waals surface area contributed by atoms with Gasteiger partial charge < -0.3 is 5.73 Å². The maximum Gasteiger partial charge on any atom is 0.181 e. The number of hydrogen-bond donors (Lipinski definition) is 1. The second-order valence-corrected chi connectivity index (χ2v) is 6.55. The highest BCUT2D eigenvalue weighted by Crippen LogP contribution is 2.37. The fourth-order valence-corrected chi connectivity index (χ4v) is 3.55. The van der Waals surface area contributed by atoms with Crippen molar-refractivity contribution in [2.75, 3.05) is 5.73 Å². The Morgan fingerprint density at radius 1 is 1.00 bits per heavy atom. The number of hydrogen-bond acceptors (Lipinski definition) is 5. The zero-order valence-corrected chi connectivity index (χ0v) is 14.0. The van der Waals surface area contributed by atoms with Gasteiger partial charge in [-0.05, 0) is 42.3 Å². The number of anilines is 1. The molecule has 0 aliphatic rings. The molecule has 4 rings (SSSR count). The molecule has 3 heterocycles. The van der Waals surface area contributed by atoms with Crippen LogP contribution >= 0.6 is 11.3 Å². The molecule has 0 fully saturated rings. The summed E-state index contributed by atoms with van der Waals surface area (Å²) in [7, 11) is 0. The van der Waals surface area contributed by atoms with Gasteiger partial charge in [0, 0.05) is 11.8 Å². The van der Waals surface area contributed by atoms with Gasteiger partial charge in [0.25, 0.3) is 0 Å². The molecule has 3 aromatic heterocycles. The molecule has 0 unspecified atom stereocenters. The number of aryl methyl sites for hydroxylation is 1. The number of fused-ring (bicyclic) bond motifs is 1. The number of nitrogens with zero attached hydrogens (tertiary/aromatic N) is 3. The van der Waals surface area contributed by atoms with E-state index in [0.717, 1.165) is 39.3 Å². The number of aromatic nitrogens is 3. The number of nitrogens with two attached hydrogens (primary N) is 1. The lowest BCUT2D eigenvalue weighted by atomic mass is 10.0. The number of rotatable bonds is 3. The molecule has 0 bridgehead atoms. The van der Waals surface area contributed by atoms with E-state index >= 15 is 0 Å². The predicted octanol–water partition coefficient (Wildman–Crippen LogP) is 4.56. The maximum atomic E-state index is 6.00. The quantitative estimate of drug-likeness (QED) is 0.597. The molecule has 2 N–H and O–H groups in total. The Bertz CT molecular complexity index is 1020. The summed E-state index contributed by atoms with van der Waals surface area (Å²) in [5.74, 6) is 0. The Labute approximate surface area is 144 Å². The number of benzene rings is 1. The molecule has 118 valence electrons. The monoisotopic (exact) mass is 332 g/mol. The van der Waals surface area contributed by atoms with E-state index in [4.69, 9.17) is 10.7 Å². The van der Waals surface area contributed by atoms with Gasteiger partial charge in [0.15, 0.2) is 5.13 Å². The SMILES string of the molecule is CCc1cccc(-c2nc(N)sc2-c2ccc3ncccc3n2)c1. The van der Waals surface area contributed by atoms with Gasteiger partial charge >= 0.3 is 0 Å². The Kier molecular flexibility index (Phi) is 3.70. The first-order chi connectivity index (χ1) is 11.7. The maximum absolute atomic E-state index is 6.00. The van der Waals surface area contributed by atoms with E-state index in [1.807, 2.05) is 24.3 Å². The van der Waals surface area contributed by atoms with E-state index in [1.54, 1.807) is 6.20 Å². The molecule has 0 aliphatic carbocycles. The average molecular weight is 332 g/mol. The van der Waals surface area contributed by atoms with Gasteiger partial charge in [-0.1, -0.05) is 36.5 Å². The molecule has 0 saturated heterocycles. The van der Waals surface area contributed by atoms with Crippen LogP contribution in [-0.4, -0.2) is 15.0 Å². The normalized spacial score (nSPS) is 11.0. The van der Waals surface area contributed by atoms with Crippen LogP contribution in [0.25, 0.3) is 32.9 Å². The van der Waals surface area contributed by atoms with Crippen molar-refractivity contribution >= 4 is 27.5 Å². The number of nitrogen functional groups attached to an aromatic ring is 1. The van der Waals surface area contributed by atoms with Gasteiger partial charge in [0.1, 0.15) is 0 Å². The van der Waals surface area contributed by atoms with Crippen molar-refractivity contribution in [2.45, 2.75) is 13.3 Å². The largest absolute Gasteiger partial charge is 0.375 e. The Hall–Kier alpha value is -2.79. The fraction of sp³-hybridized carbons (Fsp3) is 0.105. The van der Waals surface area contributed by atoms with Crippen molar-refractivity contribution in [2.24, 2.45) is 0 Å². The third-order valence-electron chi connectivity index (χ3n) is 3.94. The minimum absolute atomic E-state index is 0.551. The standard InChI is InChI=1S/C19H16N4S/c1-2-12-5-3-6-13(11-12)17-18(24-19(20)23-17)16-9-8-14-15(22-16)7-4-10-21-14/h3-11H,2H2,1H3,(H2,20,23). The van der Waals surface area contributed by atoms with Gasteiger partial charge in [-0.2, -0.15) is 0 Å². The Morgan fingerprint density at radius 3 is 2.79 bits per heavy atom. The summed E-state index contributed by atoms with van der Waals surface area (Å²) in [5, 5.41) is 0.551. The minimum Gasteiger partial charge on any atom is -0.375 e. The van der Waals surface area contributed by atoms with E-state index in [-0.39, 0.29) is 0 Å². The molecular formula is C19H16N4S. The summed E-state index contributed by atoms with van der Waals surface area (Å²) in [6, 6.07) is 16.2. The predicted molar refractivity (Wildman–Crippen MR) is 99.9 cm³/mol. The Balaban J connectivity index is 1.88. The van der Waals surface area contributed by atoms with Crippen LogP contribution in [-0.2, 0) is 6.42 Å². The van der Waals surface area contributed by atoms with Crippen molar-refractivity contribution in [3.05, 3.63) is 60.3 Å². The van der Waals surface area contributed by atoms with Crippen LogP contribution in [0.2, 0.25) is 0 Å². The van der Waals surface area contributed by atoms with E-state index in [0.29, 0.717) is 5.13 Å². The summed E-state index contributed by atoms with van der Waals surface area (Å²) >= 11 is 1.47. The van der Waals surface area contributed by atoms with Gasteiger partial charge in [-0.25, -0.2) is 9.97 Å². The average Bonchev–Trinajstić information content (AvgIpc) is 3.03. The zero-order chi connectivity index (χ0) is 16.5. The van der Waals surface area contributed by atoms with Gasteiger partial charge in [-0.3, -0.25) is 4.98 Å². The van der Waals surface area contributed by atoms with Crippen LogP contribution in [0.4, 0.5) is 5.13 Å². The minimum atomic E-state index is 0.551. The lowest BCUT2D eigenvalue weighted by Crippen LogP contribution is -1.89. The molecular weight excluding hydrogens is 316 g/mol. The molecule has 4 nitrogen and oxygen atoms in total. The summed E-state index contributed by atoms with van der Waals surface area (Å²) in [6.07, 6.45) is 2.76. The second kappa shape index (κ2) is 6.02. The molecule has 0 spiro atoms. The van der Waals surface area contributed by atoms with E-state index in [1.165, 1.54) is 16.9 Å². The molecule has 0 aliphatic heterocycles. The van der Waals surface area contributed by atoms with Crippen LogP contribution < -0.4 is 5.73 Å². The van der Waals surface area contributed by atoms with Crippen molar-refractivity contribution in [3.63, 3.8) is 0 Å². The zero-order valence-electron chi connectivity index (χ0n) is 13.2. The third-order valence-corrected chi connectivity index (χ3v) is 4.85. The van der Waals surface area contributed by atoms with Crippen LogP contribution in [0.1, 0.15) is 12.5 Å². The first-order valence-corrected chi connectivity index (χ1v) is 8.64. The smallest absolute Gasteiger partial charge is 0.181 e. The highest BCUT2D eigenvalue weighted by atomic mass is 32.1. The molecule has 24 heavy (non-hydrogen) atoms.